The van der Waals surface area contributed by atoms with Gasteiger partial charge in [-0.2, -0.15) is 0 Å². The number of esters is 1. The summed E-state index contributed by atoms with van der Waals surface area (Å²) in [6, 6.07) is 0. The molecule has 1 unspecified atom stereocenters. The maximum Gasteiger partial charge on any atom is 0.357 e. The van der Waals surface area contributed by atoms with Crippen LogP contribution in [0.3, 0.4) is 0 Å². The van der Waals surface area contributed by atoms with Gasteiger partial charge in [0.05, 0.1) is 11.1 Å². The number of aliphatic imine (C=N–C) groups is 1. The molecule has 0 spiro atoms. The lowest BCUT2D eigenvalue weighted by Gasteiger charge is -2.26. The Morgan fingerprint density at radius 1 is 1.59 bits per heavy atom. The summed E-state index contributed by atoms with van der Waals surface area (Å²) >= 11 is 6.12. The molecule has 0 bridgehead atoms. The van der Waals surface area contributed by atoms with E-state index in [0.29, 0.717) is 17.9 Å². The second kappa shape index (κ2) is 4.18. The molecule has 1 atom stereocenters. The van der Waals surface area contributed by atoms with E-state index in [2.05, 4.69) is 10.3 Å². The van der Waals surface area contributed by atoms with Gasteiger partial charge in [0.2, 0.25) is 0 Å². The van der Waals surface area contributed by atoms with Crippen molar-refractivity contribution >= 4 is 23.8 Å². The van der Waals surface area contributed by atoms with Crippen LogP contribution in [0.5, 0.6) is 0 Å². The zero-order chi connectivity index (χ0) is 12.6. The third-order valence-corrected chi connectivity index (χ3v) is 2.76. The number of alkyl halides is 1. The molecule has 1 N–H and O–H groups in total. The minimum atomic E-state index is -0.518. The van der Waals surface area contributed by atoms with Gasteiger partial charge in [0.15, 0.2) is 0 Å². The number of nitrogens with zero attached hydrogens (tertiary/aromatic N) is 1. The smallest absolute Gasteiger partial charge is 0.357 e. The van der Waals surface area contributed by atoms with Crippen LogP contribution < -0.4 is 5.32 Å². The molecular formula is C12H15ClN2O2. The van der Waals surface area contributed by atoms with Crippen LogP contribution >= 0.6 is 11.6 Å². The second-order valence-electron chi connectivity index (χ2n) is 4.97. The molecule has 92 valence electrons. The van der Waals surface area contributed by atoms with E-state index in [1.54, 1.807) is 6.21 Å². The summed E-state index contributed by atoms with van der Waals surface area (Å²) in [6.07, 6.45) is 3.48. The van der Waals surface area contributed by atoms with E-state index in [0.717, 1.165) is 5.57 Å². The van der Waals surface area contributed by atoms with Crippen molar-refractivity contribution in [1.29, 1.82) is 0 Å². The highest BCUT2D eigenvalue weighted by Gasteiger charge is 2.31. The van der Waals surface area contributed by atoms with Crippen molar-refractivity contribution < 1.29 is 9.53 Å². The fraction of sp³-hybridized carbons (Fsp3) is 0.500. The van der Waals surface area contributed by atoms with Gasteiger partial charge in [-0.1, -0.05) is 0 Å². The molecule has 0 fully saturated rings. The zero-order valence-electron chi connectivity index (χ0n) is 10.1. The number of hydrogen-bond donors (Lipinski definition) is 1. The minimum Gasteiger partial charge on any atom is -0.455 e. The molecule has 2 aliphatic heterocycles. The fourth-order valence-electron chi connectivity index (χ4n) is 1.69. The van der Waals surface area contributed by atoms with E-state index >= 15 is 0 Å². The van der Waals surface area contributed by atoms with Crippen LogP contribution in [0, 0.1) is 0 Å². The van der Waals surface area contributed by atoms with Gasteiger partial charge in [0.1, 0.15) is 11.3 Å². The number of rotatable bonds is 1. The molecule has 0 aromatic rings. The maximum absolute atomic E-state index is 12.0. The first-order chi connectivity index (χ1) is 7.88. The van der Waals surface area contributed by atoms with E-state index in [1.165, 1.54) is 0 Å². The predicted octanol–water partition coefficient (Wildman–Crippen LogP) is 1.76. The van der Waals surface area contributed by atoms with Crippen LogP contribution in [0.1, 0.15) is 20.8 Å². The molecule has 0 radical (unpaired) electrons. The Balaban J connectivity index is 2.27. The third kappa shape index (κ3) is 2.52. The van der Waals surface area contributed by atoms with Crippen molar-refractivity contribution in [3.63, 3.8) is 0 Å². The van der Waals surface area contributed by atoms with Gasteiger partial charge in [-0.15, -0.1) is 11.6 Å². The summed E-state index contributed by atoms with van der Waals surface area (Å²) in [7, 11) is 0. The van der Waals surface area contributed by atoms with Gasteiger partial charge in [-0.25, -0.2) is 4.79 Å². The highest BCUT2D eigenvalue weighted by atomic mass is 35.5. The first-order valence-electron chi connectivity index (χ1n) is 5.48. The average Bonchev–Trinajstić information content (AvgIpc) is 2.64. The molecular weight excluding hydrogens is 240 g/mol. The lowest BCUT2D eigenvalue weighted by Crippen LogP contribution is -2.37. The summed E-state index contributed by atoms with van der Waals surface area (Å²) in [5, 5.41) is 2.83. The normalized spacial score (nSPS) is 23.1. The van der Waals surface area contributed by atoms with Crippen LogP contribution in [0.4, 0.5) is 0 Å². The number of carbonyl (C=O) groups is 1. The Bertz CT molecular complexity index is 444. The average molecular weight is 255 g/mol. The van der Waals surface area contributed by atoms with Crippen LogP contribution in [0.25, 0.3) is 0 Å². The Kier molecular flexibility index (Phi) is 3.00. The van der Waals surface area contributed by atoms with Crippen molar-refractivity contribution in [2.45, 2.75) is 31.7 Å². The monoisotopic (exact) mass is 254 g/mol. The Morgan fingerprint density at radius 3 is 2.94 bits per heavy atom. The van der Waals surface area contributed by atoms with Crippen molar-refractivity contribution in [1.82, 2.24) is 5.32 Å². The first-order valence-corrected chi connectivity index (χ1v) is 5.92. The lowest BCUT2D eigenvalue weighted by molar-refractivity contribution is -0.150. The number of hydrogen-bond acceptors (Lipinski definition) is 4. The number of allylic oxidation sites excluding steroid dienone is 2. The van der Waals surface area contributed by atoms with Crippen LogP contribution in [-0.2, 0) is 9.53 Å². The van der Waals surface area contributed by atoms with E-state index in [1.807, 2.05) is 26.8 Å². The largest absolute Gasteiger partial charge is 0.455 e. The van der Waals surface area contributed by atoms with Crippen LogP contribution in [0.15, 0.2) is 28.0 Å². The Labute approximate surface area is 105 Å². The molecule has 0 amide bonds. The first kappa shape index (κ1) is 12.2. The molecule has 2 aliphatic rings. The van der Waals surface area contributed by atoms with Gasteiger partial charge in [-0.3, -0.25) is 4.99 Å². The van der Waals surface area contributed by atoms with Crippen LogP contribution in [0.2, 0.25) is 0 Å². The topological polar surface area (TPSA) is 50.7 Å². The molecule has 0 aromatic heterocycles. The summed E-state index contributed by atoms with van der Waals surface area (Å²) < 4.78 is 5.32. The van der Waals surface area contributed by atoms with E-state index < -0.39 is 5.60 Å². The highest BCUT2D eigenvalue weighted by Crippen LogP contribution is 2.29. The van der Waals surface area contributed by atoms with Crippen molar-refractivity contribution in [2.75, 3.05) is 6.54 Å². The van der Waals surface area contributed by atoms with Crippen molar-refractivity contribution in [3.8, 4) is 0 Å². The molecule has 0 saturated heterocycles. The standard InChI is InChI=1S/C12H15ClN2O2/c1-12(2,3)17-11(16)10-9-7(4-5-14-9)8(13)6-15-10/h4-5,8,15H,6H2,1-3H3. The SMILES string of the molecule is CC(C)(C)OC(=O)C1=C2N=CC=C2C(Cl)CN1. The van der Waals surface area contributed by atoms with E-state index in [9.17, 15) is 4.79 Å². The summed E-state index contributed by atoms with van der Waals surface area (Å²) in [6.45, 7) is 6.00. The number of carbonyl (C=O) groups excluding carboxylic acids is 1. The maximum atomic E-state index is 12.0. The van der Waals surface area contributed by atoms with Gasteiger partial charge >= 0.3 is 5.97 Å². The highest BCUT2D eigenvalue weighted by molar-refractivity contribution is 6.23. The predicted molar refractivity (Wildman–Crippen MR) is 67.1 cm³/mol. The van der Waals surface area contributed by atoms with Crippen molar-refractivity contribution in [2.24, 2.45) is 4.99 Å². The quantitative estimate of drug-likeness (QED) is 0.573. The van der Waals surface area contributed by atoms with Crippen LogP contribution in [-0.4, -0.2) is 29.7 Å². The molecule has 5 heteroatoms. The van der Waals surface area contributed by atoms with Gasteiger partial charge in [-0.05, 0) is 26.8 Å². The Hall–Kier alpha value is -1.29. The molecule has 0 aliphatic carbocycles. The zero-order valence-corrected chi connectivity index (χ0v) is 10.8. The number of ether oxygens (including phenoxy) is 1. The third-order valence-electron chi connectivity index (χ3n) is 2.37. The molecule has 0 saturated carbocycles. The lowest BCUT2D eigenvalue weighted by atomic mass is 10.0. The molecule has 2 rings (SSSR count). The van der Waals surface area contributed by atoms with E-state index in [-0.39, 0.29) is 11.3 Å². The minimum absolute atomic E-state index is 0.154. The summed E-state index contributed by atoms with van der Waals surface area (Å²) in [5.41, 5.74) is 1.37. The van der Waals surface area contributed by atoms with Crippen molar-refractivity contribution in [3.05, 3.63) is 23.0 Å². The van der Waals surface area contributed by atoms with Gasteiger partial charge in [0, 0.05) is 18.3 Å². The molecule has 2 heterocycles. The van der Waals surface area contributed by atoms with Gasteiger partial charge in [0.25, 0.3) is 0 Å². The number of nitrogens with one attached hydrogen (secondary N) is 1. The summed E-state index contributed by atoms with van der Waals surface area (Å²) in [5.74, 6) is -0.388. The molecule has 17 heavy (non-hydrogen) atoms. The molecule has 0 aromatic carbocycles. The summed E-state index contributed by atoms with van der Waals surface area (Å²) in [4.78, 5) is 16.1. The fourth-order valence-corrected chi connectivity index (χ4v) is 1.94. The number of halogens is 1. The van der Waals surface area contributed by atoms with E-state index in [4.69, 9.17) is 16.3 Å². The second-order valence-corrected chi connectivity index (χ2v) is 5.50. The van der Waals surface area contributed by atoms with Gasteiger partial charge < -0.3 is 10.1 Å². The molecule has 4 nitrogen and oxygen atoms in total. The number of fused-ring (bicyclic) bond motifs is 1. The Morgan fingerprint density at radius 2 is 2.29 bits per heavy atom.